The molecule has 1 N–H and O–H groups in total. The van der Waals surface area contributed by atoms with Gasteiger partial charge in [0.2, 0.25) is 0 Å². The summed E-state index contributed by atoms with van der Waals surface area (Å²) in [5, 5.41) is 0. The minimum Gasteiger partial charge on any atom is -0.375 e. The van der Waals surface area contributed by atoms with Gasteiger partial charge >= 0.3 is 7.60 Å². The van der Waals surface area contributed by atoms with Crippen molar-refractivity contribution < 1.29 is 18.7 Å². The molecule has 0 heterocycles. The van der Waals surface area contributed by atoms with E-state index in [0.717, 1.165) is 6.66 Å². The van der Waals surface area contributed by atoms with Crippen molar-refractivity contribution in [1.82, 2.24) is 0 Å². The lowest BCUT2D eigenvalue weighted by Crippen LogP contribution is -2.02. The summed E-state index contributed by atoms with van der Waals surface area (Å²) in [5.74, 6) is 0. The van der Waals surface area contributed by atoms with Gasteiger partial charge in [-0.3, -0.25) is 4.57 Å². The summed E-state index contributed by atoms with van der Waals surface area (Å²) in [6, 6.07) is 0. The molecule has 0 aliphatic heterocycles. The largest absolute Gasteiger partial charge is 0.375 e. The molecule has 0 aromatic carbocycles. The molecule has 0 aliphatic carbocycles. The zero-order valence-electron chi connectivity index (χ0n) is 6.52. The molecule has 5 heteroatoms. The van der Waals surface area contributed by atoms with E-state index in [0.29, 0.717) is 13.2 Å². The fraction of sp³-hybridized carbons (Fsp3) is 0.667. The second kappa shape index (κ2) is 5.49. The first-order chi connectivity index (χ1) is 5.06. The van der Waals surface area contributed by atoms with Crippen molar-refractivity contribution in [2.75, 3.05) is 26.5 Å². The van der Waals surface area contributed by atoms with Gasteiger partial charge in [-0.15, -0.1) is 6.58 Å². The lowest BCUT2D eigenvalue weighted by molar-refractivity contribution is 0.115. The number of rotatable bonds is 6. The third-order valence-corrected chi connectivity index (χ3v) is 1.46. The van der Waals surface area contributed by atoms with Crippen LogP contribution in [0.2, 0.25) is 0 Å². The molecular formula is C6H13O4P. The fourth-order valence-corrected chi connectivity index (χ4v) is 0.846. The van der Waals surface area contributed by atoms with Crippen LogP contribution in [0.4, 0.5) is 0 Å². The topological polar surface area (TPSA) is 55.8 Å². The Bertz CT molecular complexity index is 151. The van der Waals surface area contributed by atoms with Crippen LogP contribution in [0.15, 0.2) is 12.7 Å². The summed E-state index contributed by atoms with van der Waals surface area (Å²) in [7, 11) is -3.32. The maximum absolute atomic E-state index is 10.5. The highest BCUT2D eigenvalue weighted by Gasteiger charge is 2.08. The average molecular weight is 180 g/mol. The van der Waals surface area contributed by atoms with Crippen LogP contribution in [-0.2, 0) is 13.8 Å². The fourth-order valence-electron chi connectivity index (χ4n) is 0.432. The SMILES string of the molecule is C=CCOCCOP(C)(=O)O. The molecule has 1 atom stereocenters. The molecule has 4 nitrogen and oxygen atoms in total. The monoisotopic (exact) mass is 180 g/mol. The van der Waals surface area contributed by atoms with Crippen molar-refractivity contribution in [2.24, 2.45) is 0 Å². The van der Waals surface area contributed by atoms with E-state index in [1.807, 2.05) is 0 Å². The Kier molecular flexibility index (Phi) is 5.42. The van der Waals surface area contributed by atoms with Crippen LogP contribution in [-0.4, -0.2) is 31.4 Å². The molecule has 66 valence electrons. The van der Waals surface area contributed by atoms with E-state index in [1.54, 1.807) is 6.08 Å². The van der Waals surface area contributed by atoms with Gasteiger partial charge in [0.05, 0.1) is 19.8 Å². The van der Waals surface area contributed by atoms with Gasteiger partial charge in [-0.25, -0.2) is 0 Å². The summed E-state index contributed by atoms with van der Waals surface area (Å²) >= 11 is 0. The first kappa shape index (κ1) is 10.8. The van der Waals surface area contributed by atoms with Crippen molar-refractivity contribution in [1.29, 1.82) is 0 Å². The van der Waals surface area contributed by atoms with Crippen LogP contribution in [0, 0.1) is 0 Å². The second-order valence-corrected chi connectivity index (χ2v) is 3.86. The maximum atomic E-state index is 10.5. The summed E-state index contributed by atoms with van der Waals surface area (Å²) in [6.45, 7) is 5.46. The van der Waals surface area contributed by atoms with Crippen LogP contribution in [0.25, 0.3) is 0 Å². The molecule has 0 rings (SSSR count). The van der Waals surface area contributed by atoms with Gasteiger partial charge < -0.3 is 14.2 Å². The van der Waals surface area contributed by atoms with E-state index >= 15 is 0 Å². The number of hydrogen-bond acceptors (Lipinski definition) is 3. The van der Waals surface area contributed by atoms with E-state index in [2.05, 4.69) is 11.1 Å². The Labute approximate surface area is 66.4 Å². The van der Waals surface area contributed by atoms with Gasteiger partial charge in [-0.1, -0.05) is 6.08 Å². The minimum absolute atomic E-state index is 0.137. The van der Waals surface area contributed by atoms with Gasteiger partial charge in [0, 0.05) is 6.66 Å². The van der Waals surface area contributed by atoms with E-state index in [-0.39, 0.29) is 6.61 Å². The molecule has 1 unspecified atom stereocenters. The van der Waals surface area contributed by atoms with E-state index < -0.39 is 7.60 Å². The van der Waals surface area contributed by atoms with Crippen molar-refractivity contribution in [3.05, 3.63) is 12.7 Å². The molecule has 0 aromatic heterocycles. The summed E-state index contributed by atoms with van der Waals surface area (Å²) in [5.41, 5.74) is 0. The lowest BCUT2D eigenvalue weighted by atomic mass is 10.7. The van der Waals surface area contributed by atoms with Crippen molar-refractivity contribution in [2.45, 2.75) is 0 Å². The Hall–Kier alpha value is -0.150. The van der Waals surface area contributed by atoms with Crippen molar-refractivity contribution in [3.63, 3.8) is 0 Å². The van der Waals surface area contributed by atoms with E-state index in [9.17, 15) is 4.57 Å². The molecule has 0 amide bonds. The average Bonchev–Trinajstić information content (AvgIpc) is 1.85. The molecular weight excluding hydrogens is 167 g/mol. The zero-order valence-corrected chi connectivity index (χ0v) is 7.42. The molecule has 11 heavy (non-hydrogen) atoms. The molecule has 0 bridgehead atoms. The van der Waals surface area contributed by atoms with Crippen LogP contribution in [0.1, 0.15) is 0 Å². The summed E-state index contributed by atoms with van der Waals surface area (Å²) < 4.78 is 19.9. The smallest absolute Gasteiger partial charge is 0.325 e. The van der Waals surface area contributed by atoms with Gasteiger partial charge in [0.1, 0.15) is 0 Å². The Morgan fingerprint density at radius 1 is 1.64 bits per heavy atom. The van der Waals surface area contributed by atoms with Gasteiger partial charge in [0.15, 0.2) is 0 Å². The number of hydrogen-bond donors (Lipinski definition) is 1. The predicted octanol–water partition coefficient (Wildman–Crippen LogP) is 1.02. The van der Waals surface area contributed by atoms with Crippen LogP contribution in [0.3, 0.4) is 0 Å². The number of ether oxygens (including phenoxy) is 1. The van der Waals surface area contributed by atoms with Crippen LogP contribution >= 0.6 is 7.60 Å². The molecule has 0 spiro atoms. The van der Waals surface area contributed by atoms with Crippen molar-refractivity contribution in [3.8, 4) is 0 Å². The molecule has 0 saturated carbocycles. The van der Waals surface area contributed by atoms with Crippen LogP contribution < -0.4 is 0 Å². The van der Waals surface area contributed by atoms with Gasteiger partial charge in [0.25, 0.3) is 0 Å². The Balaban J connectivity index is 3.15. The van der Waals surface area contributed by atoms with E-state index in [4.69, 9.17) is 9.63 Å². The third kappa shape index (κ3) is 9.85. The molecule has 0 fully saturated rings. The summed E-state index contributed by atoms with van der Waals surface area (Å²) in [4.78, 5) is 8.63. The first-order valence-corrected chi connectivity index (χ1v) is 5.22. The first-order valence-electron chi connectivity index (χ1n) is 3.19. The Morgan fingerprint density at radius 2 is 2.27 bits per heavy atom. The quantitative estimate of drug-likeness (QED) is 0.376. The van der Waals surface area contributed by atoms with E-state index in [1.165, 1.54) is 0 Å². The van der Waals surface area contributed by atoms with Crippen molar-refractivity contribution >= 4 is 7.60 Å². The van der Waals surface area contributed by atoms with Crippen LogP contribution in [0.5, 0.6) is 0 Å². The second-order valence-electron chi connectivity index (χ2n) is 2.00. The molecule has 0 radical (unpaired) electrons. The van der Waals surface area contributed by atoms with Gasteiger partial charge in [-0.05, 0) is 0 Å². The zero-order chi connectivity index (χ0) is 8.74. The predicted molar refractivity (Wildman–Crippen MR) is 42.7 cm³/mol. The molecule has 0 aromatic rings. The minimum atomic E-state index is -3.32. The normalized spacial score (nSPS) is 15.8. The lowest BCUT2D eigenvalue weighted by Gasteiger charge is -2.05. The highest BCUT2D eigenvalue weighted by molar-refractivity contribution is 7.51. The standard InChI is InChI=1S/C6H13O4P/c1-3-4-9-5-6-10-11(2,7)8/h3H,1,4-6H2,2H3,(H,7,8). The highest BCUT2D eigenvalue weighted by Crippen LogP contribution is 2.35. The Morgan fingerprint density at radius 3 is 2.73 bits per heavy atom. The highest BCUT2D eigenvalue weighted by atomic mass is 31.2. The maximum Gasteiger partial charge on any atom is 0.325 e. The molecule has 0 aliphatic rings. The van der Waals surface area contributed by atoms with Gasteiger partial charge in [-0.2, -0.15) is 0 Å². The third-order valence-electron chi connectivity index (χ3n) is 0.794. The molecule has 0 saturated heterocycles. The summed E-state index contributed by atoms with van der Waals surface area (Å²) in [6.07, 6.45) is 1.60.